The highest BCUT2D eigenvalue weighted by Gasteiger charge is 2.36. The predicted molar refractivity (Wildman–Crippen MR) is 68.4 cm³/mol. The fraction of sp³-hybridized carbons (Fsp3) is 0.909. The number of aliphatic carboxylic acids is 1. The molecule has 18 heavy (non-hydrogen) atoms. The smallest absolute Gasteiger partial charge is 0.322 e. The van der Waals surface area contributed by atoms with Gasteiger partial charge in [-0.05, 0) is 24.7 Å². The summed E-state index contributed by atoms with van der Waals surface area (Å²) in [5, 5.41) is 9.07. The van der Waals surface area contributed by atoms with E-state index in [4.69, 9.17) is 5.11 Å². The minimum atomic E-state index is -3.71. The molecule has 0 aromatic carbocycles. The number of hydrogen-bond donors (Lipinski definition) is 2. The zero-order valence-electron chi connectivity index (χ0n) is 11.1. The van der Waals surface area contributed by atoms with Crippen molar-refractivity contribution in [1.29, 1.82) is 0 Å². The van der Waals surface area contributed by atoms with Crippen LogP contribution >= 0.6 is 0 Å². The lowest BCUT2D eigenvalue weighted by atomic mass is 9.98. The molecule has 1 heterocycles. The van der Waals surface area contributed by atoms with Gasteiger partial charge in [-0.3, -0.25) is 4.79 Å². The molecule has 1 rings (SSSR count). The first-order valence-corrected chi connectivity index (χ1v) is 7.57. The van der Waals surface area contributed by atoms with Gasteiger partial charge in [-0.2, -0.15) is 12.7 Å². The molecule has 106 valence electrons. The van der Waals surface area contributed by atoms with Gasteiger partial charge in [-0.1, -0.05) is 20.8 Å². The Morgan fingerprint density at radius 3 is 2.50 bits per heavy atom. The van der Waals surface area contributed by atoms with Crippen LogP contribution < -0.4 is 4.72 Å². The molecule has 0 saturated carbocycles. The van der Waals surface area contributed by atoms with E-state index < -0.39 is 22.2 Å². The van der Waals surface area contributed by atoms with Gasteiger partial charge in [0.05, 0.1) is 0 Å². The molecule has 0 radical (unpaired) electrons. The molecule has 1 atom stereocenters. The molecule has 6 nitrogen and oxygen atoms in total. The lowest BCUT2D eigenvalue weighted by Gasteiger charge is -2.32. The van der Waals surface area contributed by atoms with E-state index in [-0.39, 0.29) is 18.5 Å². The van der Waals surface area contributed by atoms with E-state index in [1.54, 1.807) is 0 Å². The number of piperidine rings is 1. The summed E-state index contributed by atoms with van der Waals surface area (Å²) in [7, 11) is -3.71. The topological polar surface area (TPSA) is 86.7 Å². The van der Waals surface area contributed by atoms with Crippen molar-refractivity contribution in [2.45, 2.75) is 46.1 Å². The molecule has 1 aliphatic heterocycles. The maximum absolute atomic E-state index is 12.1. The first-order valence-electron chi connectivity index (χ1n) is 6.13. The highest BCUT2D eigenvalue weighted by Crippen LogP contribution is 2.20. The predicted octanol–water partition coefficient (Wildman–Crippen LogP) is 0.806. The Kier molecular flexibility index (Phi) is 4.74. The van der Waals surface area contributed by atoms with E-state index >= 15 is 0 Å². The molecule has 0 spiro atoms. The number of carboxylic acids is 1. The summed E-state index contributed by atoms with van der Waals surface area (Å²) in [6.45, 7) is 6.32. The van der Waals surface area contributed by atoms with E-state index in [2.05, 4.69) is 4.72 Å². The van der Waals surface area contributed by atoms with Crippen LogP contribution in [-0.2, 0) is 15.0 Å². The van der Waals surface area contributed by atoms with Crippen molar-refractivity contribution in [3.05, 3.63) is 0 Å². The first kappa shape index (κ1) is 15.4. The molecule has 0 bridgehead atoms. The van der Waals surface area contributed by atoms with Crippen LogP contribution in [0.1, 0.15) is 40.0 Å². The molecule has 0 amide bonds. The quantitative estimate of drug-likeness (QED) is 0.796. The van der Waals surface area contributed by atoms with Crippen LogP contribution in [0.2, 0.25) is 0 Å². The molecule has 7 heteroatoms. The monoisotopic (exact) mass is 278 g/mol. The second-order valence-electron chi connectivity index (χ2n) is 5.85. The lowest BCUT2D eigenvalue weighted by Crippen LogP contribution is -2.53. The van der Waals surface area contributed by atoms with Gasteiger partial charge < -0.3 is 5.11 Å². The summed E-state index contributed by atoms with van der Waals surface area (Å²) in [5.74, 6) is -1.07. The van der Waals surface area contributed by atoms with E-state index in [0.29, 0.717) is 12.8 Å². The second kappa shape index (κ2) is 5.54. The third-order valence-electron chi connectivity index (χ3n) is 2.83. The number of nitrogens with zero attached hydrogens (tertiary/aromatic N) is 1. The maximum atomic E-state index is 12.1. The van der Waals surface area contributed by atoms with Crippen LogP contribution in [0.3, 0.4) is 0 Å². The van der Waals surface area contributed by atoms with Gasteiger partial charge in [0, 0.05) is 13.1 Å². The molecule has 0 aromatic rings. The van der Waals surface area contributed by atoms with Crippen LogP contribution in [0.5, 0.6) is 0 Å². The Bertz CT molecular complexity index is 400. The highest BCUT2D eigenvalue weighted by molar-refractivity contribution is 7.87. The Morgan fingerprint density at radius 1 is 1.39 bits per heavy atom. The molecule has 1 saturated heterocycles. The number of nitrogens with one attached hydrogen (secondary N) is 1. The van der Waals surface area contributed by atoms with Crippen LogP contribution in [0.4, 0.5) is 0 Å². The fourth-order valence-electron chi connectivity index (χ4n) is 1.83. The first-order chi connectivity index (χ1) is 8.13. The fourth-order valence-corrected chi connectivity index (χ4v) is 3.51. The molecular weight excluding hydrogens is 256 g/mol. The molecule has 2 N–H and O–H groups in total. The standard InChI is InChI=1S/C11H22N2O4S/c1-11(2,3)8-12-18(16,17)13-7-5-4-6-9(13)10(14)15/h9,12H,4-8H2,1-3H3,(H,14,15). The Labute approximate surface area is 109 Å². The largest absolute Gasteiger partial charge is 0.480 e. The normalized spacial score (nSPS) is 22.9. The molecule has 0 aliphatic carbocycles. The van der Waals surface area contributed by atoms with Gasteiger partial charge in [0.1, 0.15) is 6.04 Å². The molecule has 1 aliphatic rings. The molecule has 0 aromatic heterocycles. The zero-order valence-corrected chi connectivity index (χ0v) is 12.0. The van der Waals surface area contributed by atoms with Gasteiger partial charge in [0.2, 0.25) is 0 Å². The molecular formula is C11H22N2O4S. The SMILES string of the molecule is CC(C)(C)CNS(=O)(=O)N1CCCCC1C(=O)O. The number of rotatable bonds is 4. The second-order valence-corrected chi connectivity index (χ2v) is 7.56. The summed E-state index contributed by atoms with van der Waals surface area (Å²) in [4.78, 5) is 11.1. The van der Waals surface area contributed by atoms with Gasteiger partial charge in [0.25, 0.3) is 10.2 Å². The minimum Gasteiger partial charge on any atom is -0.480 e. The number of hydrogen-bond acceptors (Lipinski definition) is 3. The van der Waals surface area contributed by atoms with Gasteiger partial charge >= 0.3 is 5.97 Å². The van der Waals surface area contributed by atoms with E-state index in [1.807, 2.05) is 20.8 Å². The number of carboxylic acid groups (broad SMARTS) is 1. The van der Waals surface area contributed by atoms with E-state index in [0.717, 1.165) is 10.7 Å². The Morgan fingerprint density at radius 2 is 2.00 bits per heavy atom. The Balaban J connectivity index is 2.78. The highest BCUT2D eigenvalue weighted by atomic mass is 32.2. The summed E-state index contributed by atoms with van der Waals surface area (Å²) in [6.07, 6.45) is 1.84. The van der Waals surface area contributed by atoms with Crippen molar-refractivity contribution in [2.24, 2.45) is 5.41 Å². The number of carbonyl (C=O) groups is 1. The van der Waals surface area contributed by atoms with Crippen molar-refractivity contribution >= 4 is 16.2 Å². The molecule has 1 unspecified atom stereocenters. The van der Waals surface area contributed by atoms with Crippen LogP contribution in [0.15, 0.2) is 0 Å². The lowest BCUT2D eigenvalue weighted by molar-refractivity contribution is -0.142. The summed E-state index contributed by atoms with van der Waals surface area (Å²) >= 11 is 0. The van der Waals surface area contributed by atoms with E-state index in [9.17, 15) is 13.2 Å². The van der Waals surface area contributed by atoms with Gasteiger partial charge in [-0.25, -0.2) is 4.72 Å². The summed E-state index contributed by atoms with van der Waals surface area (Å²) in [5.41, 5.74) is -0.179. The van der Waals surface area contributed by atoms with Gasteiger partial charge in [-0.15, -0.1) is 0 Å². The van der Waals surface area contributed by atoms with Crippen molar-refractivity contribution < 1.29 is 18.3 Å². The van der Waals surface area contributed by atoms with Crippen LogP contribution in [0, 0.1) is 5.41 Å². The maximum Gasteiger partial charge on any atom is 0.322 e. The average Bonchev–Trinajstić information content (AvgIpc) is 2.26. The van der Waals surface area contributed by atoms with E-state index in [1.165, 1.54) is 0 Å². The zero-order chi connectivity index (χ0) is 14.0. The van der Waals surface area contributed by atoms with Gasteiger partial charge in [0.15, 0.2) is 0 Å². The summed E-state index contributed by atoms with van der Waals surface area (Å²) in [6, 6.07) is -0.934. The summed E-state index contributed by atoms with van der Waals surface area (Å²) < 4.78 is 27.8. The van der Waals surface area contributed by atoms with Crippen molar-refractivity contribution in [2.75, 3.05) is 13.1 Å². The van der Waals surface area contributed by atoms with Crippen molar-refractivity contribution in [1.82, 2.24) is 9.03 Å². The van der Waals surface area contributed by atoms with Crippen molar-refractivity contribution in [3.63, 3.8) is 0 Å². The van der Waals surface area contributed by atoms with Crippen LogP contribution in [0.25, 0.3) is 0 Å². The average molecular weight is 278 g/mol. The Hall–Kier alpha value is -0.660. The third-order valence-corrected chi connectivity index (χ3v) is 4.40. The van der Waals surface area contributed by atoms with Crippen LogP contribution in [-0.4, -0.2) is 42.9 Å². The van der Waals surface area contributed by atoms with Crippen molar-refractivity contribution in [3.8, 4) is 0 Å². The minimum absolute atomic E-state index is 0.179. The molecule has 1 fully saturated rings. The third kappa shape index (κ3) is 4.22.